The van der Waals surface area contributed by atoms with Gasteiger partial charge in [-0.2, -0.15) is 5.10 Å². The SMILES string of the molecule is CCN(CC)CCCNCc1cn[nH]c1. The Bertz CT molecular complexity index is 229. The maximum Gasteiger partial charge on any atom is 0.0532 e. The monoisotopic (exact) mass is 210 g/mol. The van der Waals surface area contributed by atoms with Crippen molar-refractivity contribution in [2.24, 2.45) is 0 Å². The van der Waals surface area contributed by atoms with Crippen LogP contribution in [0.2, 0.25) is 0 Å². The van der Waals surface area contributed by atoms with Gasteiger partial charge in [0.2, 0.25) is 0 Å². The van der Waals surface area contributed by atoms with Crippen LogP contribution in [-0.2, 0) is 6.54 Å². The molecule has 2 N–H and O–H groups in total. The fourth-order valence-corrected chi connectivity index (χ4v) is 1.57. The second kappa shape index (κ2) is 7.43. The first-order chi connectivity index (χ1) is 7.36. The molecule has 86 valence electrons. The molecule has 0 aromatic carbocycles. The van der Waals surface area contributed by atoms with E-state index in [1.54, 1.807) is 0 Å². The molecule has 0 saturated heterocycles. The quantitative estimate of drug-likeness (QED) is 0.634. The second-order valence-electron chi connectivity index (χ2n) is 3.66. The molecule has 0 unspecified atom stereocenters. The summed E-state index contributed by atoms with van der Waals surface area (Å²) >= 11 is 0. The topological polar surface area (TPSA) is 44.0 Å². The van der Waals surface area contributed by atoms with Gasteiger partial charge in [0.25, 0.3) is 0 Å². The molecule has 0 aliphatic rings. The smallest absolute Gasteiger partial charge is 0.0532 e. The van der Waals surface area contributed by atoms with Gasteiger partial charge in [0.1, 0.15) is 0 Å². The summed E-state index contributed by atoms with van der Waals surface area (Å²) in [6.45, 7) is 9.89. The van der Waals surface area contributed by atoms with Crippen molar-refractivity contribution >= 4 is 0 Å². The van der Waals surface area contributed by atoms with E-state index in [9.17, 15) is 0 Å². The van der Waals surface area contributed by atoms with Crippen molar-refractivity contribution in [3.63, 3.8) is 0 Å². The number of hydrogen-bond acceptors (Lipinski definition) is 3. The Morgan fingerprint density at radius 3 is 2.80 bits per heavy atom. The zero-order valence-corrected chi connectivity index (χ0v) is 9.79. The molecule has 0 atom stereocenters. The molecule has 15 heavy (non-hydrogen) atoms. The minimum atomic E-state index is 0.911. The first kappa shape index (κ1) is 12.2. The molecule has 0 saturated carbocycles. The summed E-state index contributed by atoms with van der Waals surface area (Å²) in [7, 11) is 0. The van der Waals surface area contributed by atoms with Gasteiger partial charge in [0.05, 0.1) is 6.20 Å². The first-order valence-electron chi connectivity index (χ1n) is 5.77. The van der Waals surface area contributed by atoms with Crippen LogP contribution in [-0.4, -0.2) is 41.3 Å². The molecule has 0 radical (unpaired) electrons. The fourth-order valence-electron chi connectivity index (χ4n) is 1.57. The molecule has 1 heterocycles. The summed E-state index contributed by atoms with van der Waals surface area (Å²) in [5.41, 5.74) is 1.22. The lowest BCUT2D eigenvalue weighted by Crippen LogP contribution is -2.27. The van der Waals surface area contributed by atoms with Crippen molar-refractivity contribution in [2.45, 2.75) is 26.8 Å². The Morgan fingerprint density at radius 1 is 1.40 bits per heavy atom. The Balaban J connectivity index is 1.97. The van der Waals surface area contributed by atoms with Crippen molar-refractivity contribution in [1.29, 1.82) is 0 Å². The summed E-state index contributed by atoms with van der Waals surface area (Å²) in [5.74, 6) is 0. The van der Waals surface area contributed by atoms with Crippen LogP contribution < -0.4 is 5.32 Å². The molecule has 1 rings (SSSR count). The van der Waals surface area contributed by atoms with Crippen LogP contribution in [0, 0.1) is 0 Å². The molecule has 0 spiro atoms. The average molecular weight is 210 g/mol. The Morgan fingerprint density at radius 2 is 2.20 bits per heavy atom. The summed E-state index contributed by atoms with van der Waals surface area (Å²) in [4.78, 5) is 2.44. The van der Waals surface area contributed by atoms with Crippen molar-refractivity contribution in [3.05, 3.63) is 18.0 Å². The second-order valence-corrected chi connectivity index (χ2v) is 3.66. The van der Waals surface area contributed by atoms with E-state index in [4.69, 9.17) is 0 Å². The highest BCUT2D eigenvalue weighted by Gasteiger charge is 1.98. The van der Waals surface area contributed by atoms with Crippen molar-refractivity contribution < 1.29 is 0 Å². The van der Waals surface area contributed by atoms with E-state index < -0.39 is 0 Å². The van der Waals surface area contributed by atoms with Crippen LogP contribution in [0.5, 0.6) is 0 Å². The van der Waals surface area contributed by atoms with Crippen LogP contribution >= 0.6 is 0 Å². The summed E-state index contributed by atoms with van der Waals surface area (Å²) in [5, 5.41) is 10.1. The normalized spacial score (nSPS) is 11.1. The molecule has 0 aliphatic heterocycles. The van der Waals surface area contributed by atoms with E-state index in [0.29, 0.717) is 0 Å². The van der Waals surface area contributed by atoms with E-state index in [1.165, 1.54) is 18.5 Å². The summed E-state index contributed by atoms with van der Waals surface area (Å²) in [6, 6.07) is 0. The number of rotatable bonds is 8. The van der Waals surface area contributed by atoms with E-state index in [1.807, 2.05) is 12.4 Å². The minimum Gasteiger partial charge on any atom is -0.313 e. The van der Waals surface area contributed by atoms with Crippen molar-refractivity contribution in [2.75, 3.05) is 26.2 Å². The van der Waals surface area contributed by atoms with Crippen LogP contribution in [0.15, 0.2) is 12.4 Å². The number of aromatic nitrogens is 2. The number of nitrogens with zero attached hydrogens (tertiary/aromatic N) is 2. The third-order valence-corrected chi connectivity index (χ3v) is 2.61. The number of H-pyrrole nitrogens is 1. The van der Waals surface area contributed by atoms with Crippen LogP contribution in [0.3, 0.4) is 0 Å². The summed E-state index contributed by atoms with van der Waals surface area (Å²) < 4.78 is 0. The molecule has 1 aromatic rings. The van der Waals surface area contributed by atoms with E-state index in [-0.39, 0.29) is 0 Å². The lowest BCUT2D eigenvalue weighted by molar-refractivity contribution is 0.298. The highest BCUT2D eigenvalue weighted by Crippen LogP contribution is 1.93. The fraction of sp³-hybridized carbons (Fsp3) is 0.727. The summed E-state index contributed by atoms with van der Waals surface area (Å²) in [6.07, 6.45) is 4.99. The van der Waals surface area contributed by atoms with Crippen molar-refractivity contribution in [1.82, 2.24) is 20.4 Å². The highest BCUT2D eigenvalue weighted by molar-refractivity contribution is 5.01. The third-order valence-electron chi connectivity index (χ3n) is 2.61. The van der Waals surface area contributed by atoms with Crippen LogP contribution in [0.1, 0.15) is 25.8 Å². The number of nitrogens with one attached hydrogen (secondary N) is 2. The van der Waals surface area contributed by atoms with E-state index in [2.05, 4.69) is 34.3 Å². The number of hydrogen-bond donors (Lipinski definition) is 2. The zero-order chi connectivity index (χ0) is 10.9. The Labute approximate surface area is 92.1 Å². The van der Waals surface area contributed by atoms with Crippen molar-refractivity contribution in [3.8, 4) is 0 Å². The van der Waals surface area contributed by atoms with Gasteiger partial charge in [0.15, 0.2) is 0 Å². The third kappa shape index (κ3) is 4.95. The highest BCUT2D eigenvalue weighted by atomic mass is 15.1. The average Bonchev–Trinajstić information content (AvgIpc) is 2.76. The molecule has 0 bridgehead atoms. The lowest BCUT2D eigenvalue weighted by Gasteiger charge is -2.17. The molecule has 0 fully saturated rings. The van der Waals surface area contributed by atoms with Gasteiger partial charge in [-0.25, -0.2) is 0 Å². The Kier molecular flexibility index (Phi) is 6.04. The van der Waals surface area contributed by atoms with Gasteiger partial charge in [-0.3, -0.25) is 5.10 Å². The molecule has 4 nitrogen and oxygen atoms in total. The minimum absolute atomic E-state index is 0.911. The lowest BCUT2D eigenvalue weighted by atomic mass is 10.3. The largest absolute Gasteiger partial charge is 0.313 e. The maximum atomic E-state index is 3.90. The molecular weight excluding hydrogens is 188 g/mol. The van der Waals surface area contributed by atoms with Gasteiger partial charge in [-0.1, -0.05) is 13.8 Å². The standard InChI is InChI=1S/C11H22N4/c1-3-15(4-2)7-5-6-12-8-11-9-13-14-10-11/h9-10,12H,3-8H2,1-2H3,(H,13,14). The molecule has 0 amide bonds. The molecule has 4 heteroatoms. The van der Waals surface area contributed by atoms with Gasteiger partial charge in [-0.05, 0) is 32.6 Å². The van der Waals surface area contributed by atoms with Crippen LogP contribution in [0.4, 0.5) is 0 Å². The van der Waals surface area contributed by atoms with Gasteiger partial charge in [0, 0.05) is 18.3 Å². The Hall–Kier alpha value is -0.870. The molecule has 1 aromatic heterocycles. The first-order valence-corrected chi connectivity index (χ1v) is 5.77. The molecular formula is C11H22N4. The van der Waals surface area contributed by atoms with Gasteiger partial charge >= 0.3 is 0 Å². The maximum absolute atomic E-state index is 3.90. The number of aromatic amines is 1. The van der Waals surface area contributed by atoms with Gasteiger partial charge in [-0.15, -0.1) is 0 Å². The predicted octanol–water partition coefficient (Wildman–Crippen LogP) is 1.23. The predicted molar refractivity (Wildman–Crippen MR) is 62.7 cm³/mol. The zero-order valence-electron chi connectivity index (χ0n) is 9.79. The van der Waals surface area contributed by atoms with Gasteiger partial charge < -0.3 is 10.2 Å². The molecule has 0 aliphatic carbocycles. The van der Waals surface area contributed by atoms with E-state index >= 15 is 0 Å². The van der Waals surface area contributed by atoms with Crippen LogP contribution in [0.25, 0.3) is 0 Å². The van der Waals surface area contributed by atoms with E-state index in [0.717, 1.165) is 26.2 Å².